The second-order valence-electron chi connectivity index (χ2n) is 6.77. The van der Waals surface area contributed by atoms with Crippen molar-refractivity contribution < 1.29 is 19.4 Å². The topological polar surface area (TPSA) is 105 Å². The molecule has 4 rings (SSSR count). The fourth-order valence-corrected chi connectivity index (χ4v) is 3.73. The maximum Gasteiger partial charge on any atom is 0.352 e. The van der Waals surface area contributed by atoms with Crippen LogP contribution in [-0.2, 0) is 4.79 Å². The van der Waals surface area contributed by atoms with Gasteiger partial charge in [-0.25, -0.2) is 9.48 Å². The van der Waals surface area contributed by atoms with Crippen molar-refractivity contribution >= 4 is 39.3 Å². The van der Waals surface area contributed by atoms with Gasteiger partial charge in [-0.05, 0) is 55.0 Å². The molecule has 0 unspecified atom stereocenters. The third-order valence-corrected chi connectivity index (χ3v) is 5.22. The molecule has 31 heavy (non-hydrogen) atoms. The highest BCUT2D eigenvalue weighted by atomic mass is 79.9. The Balaban J connectivity index is 1.65. The van der Waals surface area contributed by atoms with Crippen molar-refractivity contribution in [3.05, 3.63) is 82.1 Å². The van der Waals surface area contributed by atoms with Crippen LogP contribution in [0.1, 0.15) is 28.9 Å². The highest BCUT2D eigenvalue weighted by Gasteiger charge is 2.29. The maximum absolute atomic E-state index is 12.9. The van der Waals surface area contributed by atoms with Crippen molar-refractivity contribution in [3.8, 4) is 5.75 Å². The van der Waals surface area contributed by atoms with Crippen molar-refractivity contribution in [2.24, 2.45) is 0 Å². The Hall–Kier alpha value is -3.59. The number of aliphatic carboxylic acids is 1. The van der Waals surface area contributed by atoms with Crippen LogP contribution in [0.3, 0.4) is 0 Å². The molecule has 8 nitrogen and oxygen atoms in total. The van der Waals surface area contributed by atoms with E-state index in [1.165, 1.54) is 6.20 Å². The van der Waals surface area contributed by atoms with Crippen molar-refractivity contribution in [2.75, 3.05) is 17.2 Å². The number of aromatic nitrogens is 2. The van der Waals surface area contributed by atoms with Crippen LogP contribution in [0.15, 0.2) is 71.0 Å². The van der Waals surface area contributed by atoms with E-state index in [0.717, 1.165) is 10.0 Å². The lowest BCUT2D eigenvalue weighted by molar-refractivity contribution is -0.132. The molecule has 2 heterocycles. The summed E-state index contributed by atoms with van der Waals surface area (Å²) in [6.45, 7) is 2.45. The number of allylic oxidation sites excluding steroid dienone is 1. The Bertz CT molecular complexity index is 1170. The number of carbonyl (C=O) groups excluding carboxylic acids is 1. The zero-order chi connectivity index (χ0) is 22.0. The number of carboxylic acids is 1. The summed E-state index contributed by atoms with van der Waals surface area (Å²) in [5, 5.41) is 19.6. The average molecular weight is 483 g/mol. The minimum absolute atomic E-state index is 0.0203. The number of rotatable bonds is 6. The van der Waals surface area contributed by atoms with Crippen LogP contribution in [0.5, 0.6) is 5.75 Å². The van der Waals surface area contributed by atoms with Gasteiger partial charge >= 0.3 is 5.97 Å². The third kappa shape index (κ3) is 4.31. The zero-order valence-corrected chi connectivity index (χ0v) is 18.1. The van der Waals surface area contributed by atoms with Crippen molar-refractivity contribution in [1.29, 1.82) is 0 Å². The molecule has 3 aromatic rings. The Labute approximate surface area is 186 Å². The molecule has 0 saturated carbocycles. The number of nitrogens with zero attached hydrogens (tertiary/aromatic N) is 2. The second-order valence-corrected chi connectivity index (χ2v) is 7.69. The molecule has 9 heteroatoms. The number of fused-ring (bicyclic) bond motifs is 1. The molecule has 1 aliphatic rings. The monoisotopic (exact) mass is 482 g/mol. The summed E-state index contributed by atoms with van der Waals surface area (Å²) < 4.78 is 7.86. The van der Waals surface area contributed by atoms with Crippen molar-refractivity contribution in [3.63, 3.8) is 0 Å². The number of hydrogen-bond acceptors (Lipinski definition) is 5. The minimum atomic E-state index is -1.12. The number of nitrogens with one attached hydrogen (secondary N) is 2. The van der Waals surface area contributed by atoms with E-state index in [2.05, 4.69) is 31.7 Å². The molecular weight excluding hydrogens is 464 g/mol. The van der Waals surface area contributed by atoms with Gasteiger partial charge in [0.15, 0.2) is 0 Å². The standard InChI is InChI=1S/C22H19BrN4O4/c1-2-31-16-8-6-15(7-9-16)25-21(28)17-12-24-27-19(13-4-3-5-14(23)10-13)11-18(22(29)30)26-20(17)27/h3-12,19,26H,2H2,1H3,(H,25,28)(H,29,30)/t19-/m1/s1. The van der Waals surface area contributed by atoms with Crippen molar-refractivity contribution in [1.82, 2.24) is 9.78 Å². The van der Waals surface area contributed by atoms with E-state index in [-0.39, 0.29) is 11.3 Å². The molecule has 0 saturated heterocycles. The van der Waals surface area contributed by atoms with Crippen LogP contribution in [0.25, 0.3) is 0 Å². The minimum Gasteiger partial charge on any atom is -0.494 e. The van der Waals surface area contributed by atoms with Gasteiger partial charge < -0.3 is 20.5 Å². The average Bonchev–Trinajstić information content (AvgIpc) is 3.19. The fourth-order valence-electron chi connectivity index (χ4n) is 3.31. The highest BCUT2D eigenvalue weighted by molar-refractivity contribution is 9.10. The number of hydrogen-bond donors (Lipinski definition) is 3. The van der Waals surface area contributed by atoms with Gasteiger partial charge in [-0.15, -0.1) is 0 Å². The first kappa shape index (κ1) is 20.7. The van der Waals surface area contributed by atoms with E-state index in [9.17, 15) is 14.7 Å². The number of benzene rings is 2. The zero-order valence-electron chi connectivity index (χ0n) is 16.5. The number of halogens is 1. The van der Waals surface area contributed by atoms with Gasteiger partial charge in [0.1, 0.15) is 22.8 Å². The quantitative estimate of drug-likeness (QED) is 0.484. The molecular formula is C22H19BrN4O4. The number of anilines is 2. The lowest BCUT2D eigenvalue weighted by Crippen LogP contribution is -2.25. The molecule has 1 atom stereocenters. The fraction of sp³-hybridized carbons (Fsp3) is 0.136. The van der Waals surface area contributed by atoms with E-state index in [4.69, 9.17) is 4.74 Å². The Morgan fingerprint density at radius 3 is 2.71 bits per heavy atom. The van der Waals surface area contributed by atoms with Crippen LogP contribution in [0, 0.1) is 0 Å². The number of ether oxygens (including phenoxy) is 1. The summed E-state index contributed by atoms with van der Waals surface area (Å²) in [4.78, 5) is 24.6. The summed E-state index contributed by atoms with van der Waals surface area (Å²) in [7, 11) is 0. The summed E-state index contributed by atoms with van der Waals surface area (Å²) >= 11 is 3.44. The number of amides is 1. The first-order valence-corrected chi connectivity index (χ1v) is 10.3. The van der Waals surface area contributed by atoms with Gasteiger partial charge in [0.05, 0.1) is 18.8 Å². The largest absolute Gasteiger partial charge is 0.494 e. The van der Waals surface area contributed by atoms with E-state index in [0.29, 0.717) is 23.9 Å². The summed E-state index contributed by atoms with van der Waals surface area (Å²) in [5.41, 5.74) is 1.63. The van der Waals surface area contributed by atoms with Crippen LogP contribution in [-0.4, -0.2) is 33.4 Å². The van der Waals surface area contributed by atoms with Crippen LogP contribution in [0.2, 0.25) is 0 Å². The predicted molar refractivity (Wildman–Crippen MR) is 119 cm³/mol. The molecule has 0 aliphatic carbocycles. The third-order valence-electron chi connectivity index (χ3n) is 4.72. The van der Waals surface area contributed by atoms with E-state index >= 15 is 0 Å². The van der Waals surface area contributed by atoms with Gasteiger partial charge in [-0.2, -0.15) is 5.10 Å². The molecule has 2 aromatic carbocycles. The summed E-state index contributed by atoms with van der Waals surface area (Å²) in [5.74, 6) is -0.505. The highest BCUT2D eigenvalue weighted by Crippen LogP contribution is 2.33. The van der Waals surface area contributed by atoms with Gasteiger partial charge in [-0.3, -0.25) is 4.79 Å². The Morgan fingerprint density at radius 1 is 1.26 bits per heavy atom. The van der Waals surface area contributed by atoms with Gasteiger partial charge in [0, 0.05) is 10.2 Å². The van der Waals surface area contributed by atoms with Gasteiger partial charge in [0.25, 0.3) is 5.91 Å². The van der Waals surface area contributed by atoms with E-state index in [1.54, 1.807) is 35.0 Å². The Kier molecular flexibility index (Phi) is 5.77. The molecule has 3 N–H and O–H groups in total. The summed E-state index contributed by atoms with van der Waals surface area (Å²) in [6.07, 6.45) is 2.99. The van der Waals surface area contributed by atoms with Crippen molar-refractivity contribution in [2.45, 2.75) is 13.0 Å². The molecule has 1 amide bonds. The SMILES string of the molecule is CCOc1ccc(NC(=O)c2cnn3c2NC(C(=O)O)=C[C@@H]3c2cccc(Br)c2)cc1. The lowest BCUT2D eigenvalue weighted by atomic mass is 10.0. The molecule has 0 fully saturated rings. The Morgan fingerprint density at radius 2 is 2.03 bits per heavy atom. The molecule has 0 spiro atoms. The first-order chi connectivity index (χ1) is 15.0. The van der Waals surface area contributed by atoms with Gasteiger partial charge in [-0.1, -0.05) is 28.1 Å². The molecule has 1 aromatic heterocycles. The van der Waals surface area contributed by atoms with Crippen LogP contribution < -0.4 is 15.4 Å². The van der Waals surface area contributed by atoms with E-state index < -0.39 is 17.9 Å². The van der Waals surface area contributed by atoms with Crippen LogP contribution >= 0.6 is 15.9 Å². The normalized spacial score (nSPS) is 14.8. The van der Waals surface area contributed by atoms with Gasteiger partial charge in [0.2, 0.25) is 0 Å². The number of carbonyl (C=O) groups is 2. The van der Waals surface area contributed by atoms with E-state index in [1.807, 2.05) is 31.2 Å². The molecule has 158 valence electrons. The summed E-state index contributed by atoms with van der Waals surface area (Å²) in [6, 6.07) is 14.0. The first-order valence-electron chi connectivity index (χ1n) is 9.55. The maximum atomic E-state index is 12.9. The molecule has 0 bridgehead atoms. The van der Waals surface area contributed by atoms with Crippen LogP contribution in [0.4, 0.5) is 11.5 Å². The molecule has 0 radical (unpaired) electrons. The number of carboxylic acid groups (broad SMARTS) is 1. The second kappa shape index (κ2) is 8.65. The predicted octanol–water partition coefficient (Wildman–Crippen LogP) is 4.28. The smallest absolute Gasteiger partial charge is 0.352 e. The lowest BCUT2D eigenvalue weighted by Gasteiger charge is -2.24. The molecule has 1 aliphatic heterocycles.